The van der Waals surface area contributed by atoms with Crippen LogP contribution in [0, 0.1) is 22.7 Å². The first-order chi connectivity index (χ1) is 15.9. The third kappa shape index (κ3) is 5.96. The van der Waals surface area contributed by atoms with Crippen molar-refractivity contribution in [2.24, 2.45) is 27.7 Å². The molecule has 2 bridgehead atoms. The Bertz CT molecular complexity index is 820. The summed E-state index contributed by atoms with van der Waals surface area (Å²) >= 11 is 0. The monoisotopic (exact) mass is 481 g/mol. The average molecular weight is 482 g/mol. The van der Waals surface area contributed by atoms with Crippen LogP contribution in [0.2, 0.25) is 0 Å². The molecular formula is C25H39NO8. The number of aliphatic imine (C=N–C) groups is 1. The molecule has 9 nitrogen and oxygen atoms in total. The van der Waals surface area contributed by atoms with Crippen LogP contribution >= 0.6 is 0 Å². The summed E-state index contributed by atoms with van der Waals surface area (Å²) in [5.41, 5.74) is 0.744. The highest BCUT2D eigenvalue weighted by atomic mass is 16.6. The van der Waals surface area contributed by atoms with Gasteiger partial charge < -0.3 is 18.9 Å². The van der Waals surface area contributed by atoms with Crippen molar-refractivity contribution >= 4 is 29.6 Å². The molecule has 0 amide bonds. The molecule has 0 heterocycles. The van der Waals surface area contributed by atoms with E-state index in [9.17, 15) is 19.2 Å². The molecule has 2 aliphatic rings. The van der Waals surface area contributed by atoms with Crippen molar-refractivity contribution in [1.29, 1.82) is 0 Å². The smallest absolute Gasteiger partial charge is 0.331 e. The molecule has 0 aromatic carbocycles. The topological polar surface area (TPSA) is 118 Å². The van der Waals surface area contributed by atoms with Crippen molar-refractivity contribution < 1.29 is 38.1 Å². The Hall–Kier alpha value is -2.45. The second-order valence-electron chi connectivity index (χ2n) is 9.89. The lowest BCUT2D eigenvalue weighted by molar-refractivity contribution is -0.165. The Balaban J connectivity index is 2.54. The zero-order valence-corrected chi connectivity index (χ0v) is 21.5. The van der Waals surface area contributed by atoms with E-state index in [0.29, 0.717) is 5.92 Å². The fraction of sp³-hybridized carbons (Fsp3) is 0.800. The van der Waals surface area contributed by atoms with Crippen LogP contribution in [-0.2, 0) is 38.1 Å². The van der Waals surface area contributed by atoms with E-state index in [1.54, 1.807) is 13.8 Å². The highest BCUT2D eigenvalue weighted by Gasteiger charge is 2.60. The van der Waals surface area contributed by atoms with Gasteiger partial charge in [0.05, 0.1) is 19.6 Å². The largest absolute Gasteiger partial charge is 0.466 e. The van der Waals surface area contributed by atoms with Crippen molar-refractivity contribution in [3.05, 3.63) is 0 Å². The Morgan fingerprint density at radius 2 is 1.65 bits per heavy atom. The van der Waals surface area contributed by atoms with Crippen molar-refractivity contribution in [2.45, 2.75) is 86.3 Å². The molecule has 5 atom stereocenters. The molecule has 0 spiro atoms. The van der Waals surface area contributed by atoms with Crippen LogP contribution < -0.4 is 0 Å². The third-order valence-corrected chi connectivity index (χ3v) is 7.69. The van der Waals surface area contributed by atoms with Gasteiger partial charge in [-0.3, -0.25) is 19.4 Å². The van der Waals surface area contributed by atoms with Gasteiger partial charge in [-0.05, 0) is 44.4 Å². The van der Waals surface area contributed by atoms with Gasteiger partial charge in [-0.15, -0.1) is 0 Å². The van der Waals surface area contributed by atoms with Crippen molar-refractivity contribution in [1.82, 2.24) is 0 Å². The van der Waals surface area contributed by atoms with Crippen molar-refractivity contribution in [2.75, 3.05) is 19.8 Å². The van der Waals surface area contributed by atoms with Crippen LogP contribution in [-0.4, -0.2) is 61.6 Å². The van der Waals surface area contributed by atoms with Gasteiger partial charge >= 0.3 is 23.9 Å². The summed E-state index contributed by atoms with van der Waals surface area (Å²) in [6.45, 7) is 12.4. The fourth-order valence-electron chi connectivity index (χ4n) is 5.36. The lowest BCUT2D eigenvalue weighted by Crippen LogP contribution is -2.44. The zero-order valence-electron chi connectivity index (χ0n) is 21.5. The molecule has 0 saturated heterocycles. The number of hydrogen-bond acceptors (Lipinski definition) is 9. The van der Waals surface area contributed by atoms with Gasteiger partial charge in [0.1, 0.15) is 12.7 Å². The molecule has 0 aromatic rings. The molecule has 0 radical (unpaired) electrons. The summed E-state index contributed by atoms with van der Waals surface area (Å²) in [4.78, 5) is 54.0. The predicted molar refractivity (Wildman–Crippen MR) is 124 cm³/mol. The number of carbonyl (C=O) groups excluding carboxylic acids is 4. The quantitative estimate of drug-likeness (QED) is 0.326. The van der Waals surface area contributed by atoms with Gasteiger partial charge in [0.2, 0.25) is 0 Å². The molecule has 2 saturated carbocycles. The Labute approximate surface area is 201 Å². The van der Waals surface area contributed by atoms with Gasteiger partial charge in [0.25, 0.3) is 0 Å². The molecule has 2 fully saturated rings. The number of fused-ring (bicyclic) bond motifs is 2. The minimum absolute atomic E-state index is 0.0225. The van der Waals surface area contributed by atoms with Crippen LogP contribution in [0.1, 0.15) is 74.1 Å². The molecule has 9 heteroatoms. The van der Waals surface area contributed by atoms with E-state index < -0.39 is 41.9 Å². The fourth-order valence-corrected chi connectivity index (χ4v) is 5.36. The molecular weight excluding hydrogens is 442 g/mol. The first kappa shape index (κ1) is 27.8. The summed E-state index contributed by atoms with van der Waals surface area (Å²) < 4.78 is 21.0. The summed E-state index contributed by atoms with van der Waals surface area (Å²) in [5.74, 6) is -2.87. The summed E-state index contributed by atoms with van der Waals surface area (Å²) in [7, 11) is 0. The number of rotatable bonds is 11. The van der Waals surface area contributed by atoms with Gasteiger partial charge in [0.15, 0.2) is 6.04 Å². The Kier molecular flexibility index (Phi) is 9.25. The lowest BCUT2D eigenvalue weighted by atomic mass is 9.70. The lowest BCUT2D eigenvalue weighted by Gasteiger charge is -2.36. The molecule has 0 aliphatic heterocycles. The maximum Gasteiger partial charge on any atom is 0.331 e. The van der Waals surface area contributed by atoms with Gasteiger partial charge in [-0.25, -0.2) is 4.79 Å². The standard InChI is InChI=1S/C25H39NO8/c1-8-31-21(29)13-18(19(34-16(4)28)14-33-15(3)27)22(23(30)32-9-2)26-20-12-17-10-11-25(20,7)24(17,5)6/h17-19,22H,8-14H2,1-7H3/t17-,18+,19-,22-,25+/m1/s1. The van der Waals surface area contributed by atoms with Crippen LogP contribution in [0.3, 0.4) is 0 Å². The van der Waals surface area contributed by atoms with Crippen LogP contribution in [0.25, 0.3) is 0 Å². The SMILES string of the molecule is CCOC(=O)C[C@@H]([C@@H](COC(C)=O)OC(C)=O)[C@@H](N=C1C[C@H]2CC[C@]1(C)C2(C)C)C(=O)OCC. The average Bonchev–Trinajstić information content (AvgIpc) is 3.07. The Morgan fingerprint density at radius 3 is 2.12 bits per heavy atom. The van der Waals surface area contributed by atoms with Crippen LogP contribution in [0.4, 0.5) is 0 Å². The molecule has 192 valence electrons. The summed E-state index contributed by atoms with van der Waals surface area (Å²) in [6.07, 6.45) is 1.48. The van der Waals surface area contributed by atoms with E-state index >= 15 is 0 Å². The van der Waals surface area contributed by atoms with Crippen LogP contribution in [0.15, 0.2) is 4.99 Å². The number of hydrogen-bond donors (Lipinski definition) is 0. The first-order valence-electron chi connectivity index (χ1n) is 12.1. The number of esters is 4. The van der Waals surface area contributed by atoms with Crippen molar-refractivity contribution in [3.63, 3.8) is 0 Å². The van der Waals surface area contributed by atoms with E-state index in [-0.39, 0.29) is 37.1 Å². The van der Waals surface area contributed by atoms with E-state index in [1.807, 2.05) is 0 Å². The minimum Gasteiger partial charge on any atom is -0.466 e. The van der Waals surface area contributed by atoms with E-state index in [1.165, 1.54) is 13.8 Å². The number of carbonyl (C=O) groups is 4. The second kappa shape index (κ2) is 11.3. The zero-order chi connectivity index (χ0) is 25.7. The van der Waals surface area contributed by atoms with Gasteiger partial charge in [-0.2, -0.15) is 0 Å². The molecule has 0 aromatic heterocycles. The minimum atomic E-state index is -1.12. The third-order valence-electron chi connectivity index (χ3n) is 7.69. The van der Waals surface area contributed by atoms with E-state index in [4.69, 9.17) is 23.9 Å². The summed E-state index contributed by atoms with van der Waals surface area (Å²) in [6, 6.07) is -1.12. The maximum absolute atomic E-state index is 13.2. The van der Waals surface area contributed by atoms with Gasteiger partial charge in [0, 0.05) is 30.9 Å². The molecule has 0 unspecified atom stereocenters. The summed E-state index contributed by atoms with van der Waals surface area (Å²) in [5, 5.41) is 0. The maximum atomic E-state index is 13.2. The van der Waals surface area contributed by atoms with E-state index in [0.717, 1.165) is 25.0 Å². The predicted octanol–water partition coefficient (Wildman–Crippen LogP) is 3.27. The number of nitrogens with zero attached hydrogens (tertiary/aromatic N) is 1. The highest BCUT2D eigenvalue weighted by Crippen LogP contribution is 2.64. The molecule has 2 rings (SSSR count). The molecule has 2 aliphatic carbocycles. The molecule has 34 heavy (non-hydrogen) atoms. The van der Waals surface area contributed by atoms with Crippen LogP contribution in [0.5, 0.6) is 0 Å². The van der Waals surface area contributed by atoms with Gasteiger partial charge in [-0.1, -0.05) is 20.8 Å². The second-order valence-corrected chi connectivity index (χ2v) is 9.89. The number of ether oxygens (including phenoxy) is 4. The Morgan fingerprint density at radius 1 is 1.00 bits per heavy atom. The van der Waals surface area contributed by atoms with E-state index in [2.05, 4.69) is 20.8 Å². The molecule has 0 N–H and O–H groups in total. The highest BCUT2D eigenvalue weighted by molar-refractivity contribution is 5.96. The normalized spacial score (nSPS) is 26.4. The first-order valence-corrected chi connectivity index (χ1v) is 12.1. The van der Waals surface area contributed by atoms with Crippen molar-refractivity contribution in [3.8, 4) is 0 Å².